The van der Waals surface area contributed by atoms with Gasteiger partial charge in [0.1, 0.15) is 19.3 Å². The first-order chi connectivity index (χ1) is 20.8. The van der Waals surface area contributed by atoms with Crippen molar-refractivity contribution in [3.8, 4) is 0 Å². The third kappa shape index (κ3) is 19.8. The quantitative estimate of drug-likeness (QED) is 0.0648. The highest BCUT2D eigenvalue weighted by Gasteiger charge is 2.31. The van der Waals surface area contributed by atoms with Crippen molar-refractivity contribution in [1.82, 2.24) is 10.2 Å². The van der Waals surface area contributed by atoms with Gasteiger partial charge in [0.2, 0.25) is 0 Å². The molecule has 0 bridgehead atoms. The second-order valence-corrected chi connectivity index (χ2v) is 12.4. The lowest BCUT2D eigenvalue weighted by molar-refractivity contribution is -0.896. The number of nitrogens with zero attached hydrogens (tertiary/aromatic N) is 2. The first-order valence-corrected chi connectivity index (χ1v) is 17.1. The molecule has 0 aromatic rings. The third-order valence-corrected chi connectivity index (χ3v) is 8.55. The van der Waals surface area contributed by atoms with Crippen LogP contribution in [0.4, 0.5) is 14.4 Å². The molecule has 0 radical (unpaired) electrons. The van der Waals surface area contributed by atoms with E-state index in [4.69, 9.17) is 18.9 Å². The van der Waals surface area contributed by atoms with Gasteiger partial charge in [-0.1, -0.05) is 103 Å². The molecule has 1 unspecified atom stereocenters. The summed E-state index contributed by atoms with van der Waals surface area (Å²) in [6.07, 6.45) is 20.5. The van der Waals surface area contributed by atoms with E-state index >= 15 is 0 Å². The predicted molar refractivity (Wildman–Crippen MR) is 170 cm³/mol. The van der Waals surface area contributed by atoms with Crippen LogP contribution in [0.3, 0.4) is 0 Å². The molecule has 1 rings (SSSR count). The largest absolute Gasteiger partial charge is 0.452 e. The first kappa shape index (κ1) is 39.0. The summed E-state index contributed by atoms with van der Waals surface area (Å²) in [7, 11) is 4.81. The molecule has 1 atom stereocenters. The number of imide groups is 1. The number of quaternary nitrogens is 1. The van der Waals surface area contributed by atoms with E-state index < -0.39 is 24.4 Å². The number of ether oxygens (including phenoxy) is 4. The lowest BCUT2D eigenvalue weighted by Crippen LogP contribution is -2.49. The molecular formula is C33H64N3O7+. The molecule has 0 saturated carbocycles. The van der Waals surface area contributed by atoms with Crippen molar-refractivity contribution in [3.63, 3.8) is 0 Å². The van der Waals surface area contributed by atoms with Crippen LogP contribution in [0.1, 0.15) is 122 Å². The van der Waals surface area contributed by atoms with Gasteiger partial charge in [-0.2, -0.15) is 0 Å². The highest BCUT2D eigenvalue weighted by atomic mass is 16.6. The smallest absolute Gasteiger partial charge is 0.419 e. The van der Waals surface area contributed by atoms with Crippen LogP contribution >= 0.6 is 0 Å². The molecule has 1 aliphatic rings. The molecule has 0 aromatic carbocycles. The summed E-state index contributed by atoms with van der Waals surface area (Å²) >= 11 is 0. The predicted octanol–water partition coefficient (Wildman–Crippen LogP) is 7.43. The summed E-state index contributed by atoms with van der Waals surface area (Å²) < 4.78 is 21.4. The Hall–Kier alpha value is -2.07. The lowest BCUT2D eigenvalue weighted by Gasteiger charge is -2.31. The Kier molecular flexibility index (Phi) is 22.9. The van der Waals surface area contributed by atoms with E-state index in [2.05, 4.69) is 19.3 Å². The number of hydrogen-bond acceptors (Lipinski definition) is 7. The molecular weight excluding hydrogens is 550 g/mol. The zero-order valence-electron chi connectivity index (χ0n) is 28.0. The molecule has 0 spiro atoms. The molecule has 10 nitrogen and oxygen atoms in total. The normalized spacial score (nSPS) is 14.7. The van der Waals surface area contributed by atoms with Crippen molar-refractivity contribution in [2.24, 2.45) is 0 Å². The van der Waals surface area contributed by atoms with Gasteiger partial charge in [-0.05, 0) is 6.42 Å². The van der Waals surface area contributed by atoms with E-state index in [1.165, 1.54) is 104 Å². The Balaban J connectivity index is 2.05. The number of unbranched alkanes of at least 4 members (excludes halogenated alkanes) is 15. The van der Waals surface area contributed by atoms with Crippen LogP contribution in [0.5, 0.6) is 0 Å². The Labute approximate surface area is 262 Å². The van der Waals surface area contributed by atoms with Gasteiger partial charge >= 0.3 is 18.3 Å². The third-order valence-electron chi connectivity index (χ3n) is 8.55. The highest BCUT2D eigenvalue weighted by molar-refractivity contribution is 5.87. The SMILES string of the molecule is CCCCCCCCCCCCCCCCCCNC(=O)OCC(COC(=O)N(CC[N+]1(C)CCCC1)C(=O)OC)OC. The number of carbonyl (C=O) groups is 3. The van der Waals surface area contributed by atoms with Crippen LogP contribution in [-0.4, -0.2) is 101 Å². The Morgan fingerprint density at radius 3 is 1.70 bits per heavy atom. The highest BCUT2D eigenvalue weighted by Crippen LogP contribution is 2.17. The van der Waals surface area contributed by atoms with E-state index in [1.807, 2.05) is 0 Å². The number of rotatable bonds is 25. The molecule has 10 heteroatoms. The van der Waals surface area contributed by atoms with Gasteiger partial charge < -0.3 is 28.7 Å². The summed E-state index contributed by atoms with van der Waals surface area (Å²) in [5.41, 5.74) is 0. The fraction of sp³-hybridized carbons (Fsp3) is 0.909. The van der Waals surface area contributed by atoms with Crippen LogP contribution in [0.15, 0.2) is 0 Å². The van der Waals surface area contributed by atoms with E-state index in [1.54, 1.807) is 0 Å². The maximum absolute atomic E-state index is 12.6. The maximum Gasteiger partial charge on any atom is 0.419 e. The minimum Gasteiger partial charge on any atom is -0.452 e. The summed E-state index contributed by atoms with van der Waals surface area (Å²) in [6, 6.07) is 0. The average molecular weight is 615 g/mol. The van der Waals surface area contributed by atoms with Crippen molar-refractivity contribution in [2.45, 2.75) is 129 Å². The van der Waals surface area contributed by atoms with Crippen LogP contribution in [0.25, 0.3) is 0 Å². The Morgan fingerprint density at radius 1 is 0.721 bits per heavy atom. The van der Waals surface area contributed by atoms with Gasteiger partial charge in [0, 0.05) is 26.5 Å². The standard InChI is InChI=1S/C33H63N3O7/c1-5-6-7-8-9-10-11-12-13-14-15-16-17-18-19-20-23-34-31(37)42-28-30(40-3)29-43-33(39)35(32(38)41-4)24-27-36(2)25-21-22-26-36/h30H,5-29H2,1-4H3/p+1. The average Bonchev–Trinajstić information content (AvgIpc) is 3.44. The van der Waals surface area contributed by atoms with Crippen molar-refractivity contribution < 1.29 is 37.8 Å². The summed E-state index contributed by atoms with van der Waals surface area (Å²) in [6.45, 7) is 5.50. The second-order valence-electron chi connectivity index (χ2n) is 12.4. The molecule has 1 aliphatic heterocycles. The molecule has 1 fully saturated rings. The molecule has 1 N–H and O–H groups in total. The molecule has 252 valence electrons. The summed E-state index contributed by atoms with van der Waals surface area (Å²) in [5.74, 6) is 0. The number of amides is 3. The van der Waals surface area contributed by atoms with Crippen LogP contribution in [0.2, 0.25) is 0 Å². The molecule has 1 saturated heterocycles. The number of hydrogen-bond donors (Lipinski definition) is 1. The van der Waals surface area contributed by atoms with Crippen molar-refractivity contribution >= 4 is 18.3 Å². The number of likely N-dealkylation sites (N-methyl/N-ethyl adjacent to an activating group) is 1. The fourth-order valence-electron chi connectivity index (χ4n) is 5.54. The van der Waals surface area contributed by atoms with Crippen LogP contribution in [0, 0.1) is 0 Å². The molecule has 43 heavy (non-hydrogen) atoms. The summed E-state index contributed by atoms with van der Waals surface area (Å²) in [4.78, 5) is 37.8. The zero-order valence-corrected chi connectivity index (χ0v) is 28.0. The van der Waals surface area contributed by atoms with Gasteiger partial charge in [-0.15, -0.1) is 0 Å². The van der Waals surface area contributed by atoms with Gasteiger partial charge in [0.05, 0.1) is 40.3 Å². The minimum absolute atomic E-state index is 0.0677. The van der Waals surface area contributed by atoms with E-state index in [-0.39, 0.29) is 19.8 Å². The van der Waals surface area contributed by atoms with Crippen molar-refractivity contribution in [2.75, 3.05) is 67.2 Å². The second kappa shape index (κ2) is 25.3. The lowest BCUT2D eigenvalue weighted by atomic mass is 10.0. The van der Waals surface area contributed by atoms with E-state index in [0.29, 0.717) is 13.1 Å². The zero-order chi connectivity index (χ0) is 31.6. The van der Waals surface area contributed by atoms with Gasteiger partial charge in [0.25, 0.3) is 0 Å². The van der Waals surface area contributed by atoms with Gasteiger partial charge in [-0.3, -0.25) is 0 Å². The van der Waals surface area contributed by atoms with Gasteiger partial charge in [0.15, 0.2) is 0 Å². The monoisotopic (exact) mass is 614 g/mol. The topological polar surface area (TPSA) is 103 Å². The van der Waals surface area contributed by atoms with Crippen molar-refractivity contribution in [3.05, 3.63) is 0 Å². The number of alkyl carbamates (subject to hydrolysis) is 1. The van der Waals surface area contributed by atoms with E-state index in [0.717, 1.165) is 48.2 Å². The Bertz CT molecular complexity index is 731. The number of carbonyl (C=O) groups excluding carboxylic acids is 3. The molecule has 0 aromatic heterocycles. The van der Waals surface area contributed by atoms with Crippen LogP contribution < -0.4 is 5.32 Å². The minimum atomic E-state index is -0.798. The molecule has 0 aliphatic carbocycles. The van der Waals surface area contributed by atoms with Crippen molar-refractivity contribution in [1.29, 1.82) is 0 Å². The van der Waals surface area contributed by atoms with Crippen LogP contribution in [-0.2, 0) is 18.9 Å². The van der Waals surface area contributed by atoms with E-state index in [9.17, 15) is 14.4 Å². The molecule has 1 heterocycles. The number of likely N-dealkylation sites (tertiary alicyclic amines) is 1. The molecule has 3 amide bonds. The number of nitrogens with one attached hydrogen (secondary N) is 1. The number of methoxy groups -OCH3 is 2. The summed E-state index contributed by atoms with van der Waals surface area (Å²) in [5, 5.41) is 2.77. The van der Waals surface area contributed by atoms with Gasteiger partial charge in [-0.25, -0.2) is 19.3 Å². The first-order valence-electron chi connectivity index (χ1n) is 17.1. The Morgan fingerprint density at radius 2 is 1.21 bits per heavy atom. The maximum atomic E-state index is 12.6. The fourth-order valence-corrected chi connectivity index (χ4v) is 5.54.